The number of carboxylic acids is 1. The number of benzene rings is 2. The van der Waals surface area contributed by atoms with Gasteiger partial charge in [0, 0.05) is 19.8 Å². The van der Waals surface area contributed by atoms with Gasteiger partial charge in [0.2, 0.25) is 5.91 Å². The molecule has 1 amide bonds. The number of hydrogen-bond acceptors (Lipinski definition) is 3. The second-order valence-electron chi connectivity index (χ2n) is 6.56. The summed E-state index contributed by atoms with van der Waals surface area (Å²) in [5.41, 5.74) is 0.925. The number of nitrogens with one attached hydrogen (secondary N) is 1. The molecule has 2 N–H and O–H groups in total. The molecule has 0 bridgehead atoms. The fourth-order valence-corrected chi connectivity index (χ4v) is 3.39. The smallest absolute Gasteiger partial charge is 0.308 e. The van der Waals surface area contributed by atoms with Gasteiger partial charge in [0.05, 0.1) is 12.3 Å². The van der Waals surface area contributed by atoms with Gasteiger partial charge in [0.25, 0.3) is 0 Å². The molecule has 132 valence electrons. The lowest BCUT2D eigenvalue weighted by molar-refractivity contribution is -0.144. The van der Waals surface area contributed by atoms with Crippen LogP contribution >= 0.6 is 0 Å². The second kappa shape index (κ2) is 8.12. The van der Waals surface area contributed by atoms with Crippen LogP contribution in [0.1, 0.15) is 18.4 Å². The van der Waals surface area contributed by atoms with Crippen molar-refractivity contribution >= 4 is 22.6 Å². The minimum atomic E-state index is -0.849. The molecule has 0 aliphatic carbocycles. The van der Waals surface area contributed by atoms with E-state index in [2.05, 4.69) is 5.32 Å². The first kappa shape index (κ1) is 17.4. The molecule has 25 heavy (non-hydrogen) atoms. The summed E-state index contributed by atoms with van der Waals surface area (Å²) in [7, 11) is 0. The summed E-state index contributed by atoms with van der Waals surface area (Å²) in [4.78, 5) is 23.8. The van der Waals surface area contributed by atoms with E-state index in [1.807, 2.05) is 42.5 Å². The molecule has 1 fully saturated rings. The van der Waals surface area contributed by atoms with Crippen LogP contribution in [0.15, 0.2) is 42.5 Å². The Balaban J connectivity index is 1.57. The van der Waals surface area contributed by atoms with Gasteiger partial charge < -0.3 is 15.2 Å². The first-order valence-electron chi connectivity index (χ1n) is 8.68. The number of rotatable bonds is 6. The van der Waals surface area contributed by atoms with Crippen molar-refractivity contribution in [2.24, 2.45) is 11.8 Å². The summed E-state index contributed by atoms with van der Waals surface area (Å²) >= 11 is 0. The van der Waals surface area contributed by atoms with Crippen molar-refractivity contribution in [3.63, 3.8) is 0 Å². The van der Waals surface area contributed by atoms with E-state index in [9.17, 15) is 14.7 Å². The molecule has 3 rings (SSSR count). The van der Waals surface area contributed by atoms with Crippen LogP contribution in [-0.2, 0) is 20.7 Å². The van der Waals surface area contributed by atoms with Gasteiger partial charge in [-0.2, -0.15) is 0 Å². The molecule has 1 atom stereocenters. The highest BCUT2D eigenvalue weighted by molar-refractivity contribution is 5.85. The fourth-order valence-electron chi connectivity index (χ4n) is 3.39. The molecule has 0 radical (unpaired) electrons. The molecule has 0 spiro atoms. The normalized spacial score (nSPS) is 16.5. The van der Waals surface area contributed by atoms with Crippen LogP contribution in [0.25, 0.3) is 10.8 Å². The summed E-state index contributed by atoms with van der Waals surface area (Å²) in [6.07, 6.45) is 1.72. The molecule has 2 aromatic rings. The summed E-state index contributed by atoms with van der Waals surface area (Å²) in [5.74, 6) is -1.48. The zero-order valence-electron chi connectivity index (χ0n) is 14.1. The summed E-state index contributed by atoms with van der Waals surface area (Å²) in [5, 5.41) is 14.5. The van der Waals surface area contributed by atoms with E-state index >= 15 is 0 Å². The molecule has 5 heteroatoms. The third-order valence-electron chi connectivity index (χ3n) is 4.85. The minimum Gasteiger partial charge on any atom is -0.481 e. The van der Waals surface area contributed by atoms with Crippen molar-refractivity contribution in [1.29, 1.82) is 0 Å². The van der Waals surface area contributed by atoms with Crippen LogP contribution in [-0.4, -0.2) is 36.7 Å². The van der Waals surface area contributed by atoms with Crippen LogP contribution in [0.3, 0.4) is 0 Å². The highest BCUT2D eigenvalue weighted by Crippen LogP contribution is 2.24. The van der Waals surface area contributed by atoms with E-state index in [1.54, 1.807) is 0 Å². The lowest BCUT2D eigenvalue weighted by Crippen LogP contribution is -2.39. The number of aliphatic carboxylic acids is 1. The Morgan fingerprint density at radius 1 is 1.12 bits per heavy atom. The van der Waals surface area contributed by atoms with Gasteiger partial charge in [0.1, 0.15) is 0 Å². The Morgan fingerprint density at radius 3 is 2.56 bits per heavy atom. The Hall–Kier alpha value is -2.40. The van der Waals surface area contributed by atoms with E-state index in [-0.39, 0.29) is 24.8 Å². The van der Waals surface area contributed by atoms with Gasteiger partial charge in [-0.15, -0.1) is 0 Å². The zero-order valence-corrected chi connectivity index (χ0v) is 14.1. The number of carboxylic acid groups (broad SMARTS) is 1. The van der Waals surface area contributed by atoms with Crippen molar-refractivity contribution in [3.8, 4) is 0 Å². The van der Waals surface area contributed by atoms with Crippen LogP contribution in [0.4, 0.5) is 0 Å². The van der Waals surface area contributed by atoms with Crippen molar-refractivity contribution in [2.75, 3.05) is 19.8 Å². The van der Waals surface area contributed by atoms with Crippen molar-refractivity contribution in [1.82, 2.24) is 5.32 Å². The molecular formula is C20H23NO4. The Bertz CT molecular complexity index is 752. The molecular weight excluding hydrogens is 318 g/mol. The molecule has 5 nitrogen and oxygen atoms in total. The van der Waals surface area contributed by atoms with Crippen LogP contribution < -0.4 is 5.32 Å². The number of hydrogen-bond donors (Lipinski definition) is 2. The lowest BCUT2D eigenvalue weighted by Gasteiger charge is -2.27. The van der Waals surface area contributed by atoms with E-state index in [4.69, 9.17) is 4.74 Å². The summed E-state index contributed by atoms with van der Waals surface area (Å²) < 4.78 is 5.29. The summed E-state index contributed by atoms with van der Waals surface area (Å²) in [6, 6.07) is 13.9. The molecule has 1 heterocycles. The standard InChI is InChI=1S/C20H23NO4/c22-19(12-14-5-6-15-3-1-2-4-17(15)11-14)21-13-18(20(23)24)16-7-9-25-10-8-16/h1-6,11,16,18H,7-10,12-13H2,(H,21,22)(H,23,24). The zero-order chi connectivity index (χ0) is 17.6. The number of ether oxygens (including phenoxy) is 1. The third kappa shape index (κ3) is 4.57. The van der Waals surface area contributed by atoms with Gasteiger partial charge in [0.15, 0.2) is 0 Å². The molecule has 1 saturated heterocycles. The predicted molar refractivity (Wildman–Crippen MR) is 95.3 cm³/mol. The summed E-state index contributed by atoms with van der Waals surface area (Å²) in [6.45, 7) is 1.37. The minimum absolute atomic E-state index is 0.0622. The monoisotopic (exact) mass is 341 g/mol. The first-order valence-corrected chi connectivity index (χ1v) is 8.68. The maximum atomic E-state index is 12.2. The molecule has 1 aliphatic heterocycles. The number of carbonyl (C=O) groups is 2. The van der Waals surface area contributed by atoms with Crippen LogP contribution in [0.2, 0.25) is 0 Å². The van der Waals surface area contributed by atoms with Gasteiger partial charge in [-0.1, -0.05) is 42.5 Å². The van der Waals surface area contributed by atoms with Crippen molar-refractivity contribution in [3.05, 3.63) is 48.0 Å². The molecule has 0 saturated carbocycles. The first-order chi connectivity index (χ1) is 12.1. The second-order valence-corrected chi connectivity index (χ2v) is 6.56. The molecule has 2 aromatic carbocycles. The quantitative estimate of drug-likeness (QED) is 0.847. The number of amides is 1. The fraction of sp³-hybridized carbons (Fsp3) is 0.400. The highest BCUT2D eigenvalue weighted by atomic mass is 16.5. The lowest BCUT2D eigenvalue weighted by atomic mass is 9.86. The average Bonchev–Trinajstić information content (AvgIpc) is 2.62. The maximum absolute atomic E-state index is 12.2. The largest absolute Gasteiger partial charge is 0.481 e. The highest BCUT2D eigenvalue weighted by Gasteiger charge is 2.29. The van der Waals surface area contributed by atoms with Gasteiger partial charge in [-0.25, -0.2) is 0 Å². The number of carbonyl (C=O) groups excluding carboxylic acids is 1. The topological polar surface area (TPSA) is 75.6 Å². The van der Waals surface area contributed by atoms with E-state index in [0.29, 0.717) is 13.2 Å². The van der Waals surface area contributed by atoms with Crippen LogP contribution in [0, 0.1) is 11.8 Å². The van der Waals surface area contributed by atoms with Crippen molar-refractivity contribution < 1.29 is 19.4 Å². The van der Waals surface area contributed by atoms with E-state index < -0.39 is 11.9 Å². The Kier molecular flexibility index (Phi) is 5.66. The van der Waals surface area contributed by atoms with Gasteiger partial charge in [-0.05, 0) is 35.1 Å². The van der Waals surface area contributed by atoms with Gasteiger partial charge in [-0.3, -0.25) is 9.59 Å². The third-order valence-corrected chi connectivity index (χ3v) is 4.85. The molecule has 0 aromatic heterocycles. The average molecular weight is 341 g/mol. The van der Waals surface area contributed by atoms with Crippen molar-refractivity contribution in [2.45, 2.75) is 19.3 Å². The number of fused-ring (bicyclic) bond motifs is 1. The Morgan fingerprint density at radius 2 is 1.84 bits per heavy atom. The molecule has 1 unspecified atom stereocenters. The Labute approximate surface area is 147 Å². The van der Waals surface area contributed by atoms with E-state index in [1.165, 1.54) is 0 Å². The van der Waals surface area contributed by atoms with Crippen LogP contribution in [0.5, 0.6) is 0 Å². The van der Waals surface area contributed by atoms with E-state index in [0.717, 1.165) is 29.2 Å². The van der Waals surface area contributed by atoms with Gasteiger partial charge >= 0.3 is 5.97 Å². The SMILES string of the molecule is O=C(Cc1ccc2ccccc2c1)NCC(C(=O)O)C1CCOCC1. The maximum Gasteiger partial charge on any atom is 0.308 e. The predicted octanol–water partition coefficient (Wildman–Crippen LogP) is 2.63. The molecule has 1 aliphatic rings.